The molecule has 0 spiro atoms. The number of rotatable bonds is 20. The molecule has 0 aromatic rings. The van der Waals surface area contributed by atoms with Crippen LogP contribution in [0.1, 0.15) is 163 Å². The third kappa shape index (κ3) is 23.2. The first-order valence-electron chi connectivity index (χ1n) is 32.9. The summed E-state index contributed by atoms with van der Waals surface area (Å²) in [5.74, 6) is -10.3. The van der Waals surface area contributed by atoms with E-state index >= 15 is 28.8 Å². The van der Waals surface area contributed by atoms with Crippen LogP contribution in [-0.2, 0) is 57.5 Å². The van der Waals surface area contributed by atoms with Crippen molar-refractivity contribution in [3.05, 3.63) is 24.8 Å². The van der Waals surface area contributed by atoms with E-state index in [2.05, 4.69) is 27.8 Å². The molecule has 1 rings (SSSR count). The van der Waals surface area contributed by atoms with Crippen LogP contribution in [0.5, 0.6) is 0 Å². The van der Waals surface area contributed by atoms with Gasteiger partial charge in [0.2, 0.25) is 65.0 Å². The Morgan fingerprint density at radius 1 is 0.533 bits per heavy atom. The fourth-order valence-electron chi connectivity index (χ4n) is 11.6. The maximum Gasteiger partial charge on any atom is 0.246 e. The van der Waals surface area contributed by atoms with Gasteiger partial charge in [0.25, 0.3) is 0 Å². The van der Waals surface area contributed by atoms with Gasteiger partial charge < -0.3 is 71.1 Å². The Labute approximate surface area is 550 Å². The van der Waals surface area contributed by atoms with Crippen LogP contribution in [0, 0.1) is 35.5 Å². The minimum Gasteiger partial charge on any atom is -0.390 e. The minimum atomic E-state index is -1.66. The number of nitrogens with two attached hydrogens (primary N) is 1. The van der Waals surface area contributed by atoms with Gasteiger partial charge in [0.05, 0.1) is 18.3 Å². The summed E-state index contributed by atoms with van der Waals surface area (Å²) in [7, 11) is 9.83. The first kappa shape index (κ1) is 83.5. The normalized spacial score (nSPS) is 26.7. The third-order valence-electron chi connectivity index (χ3n) is 17.4. The van der Waals surface area contributed by atoms with Crippen LogP contribution in [0.3, 0.4) is 0 Å². The molecule has 0 radical (unpaired) electrons. The zero-order valence-electron chi connectivity index (χ0n) is 60.2. The van der Waals surface area contributed by atoms with Gasteiger partial charge in [-0.05, 0) is 115 Å². The van der Waals surface area contributed by atoms with Gasteiger partial charge in [-0.1, -0.05) is 101 Å². The Morgan fingerprint density at radius 2 is 0.967 bits per heavy atom. The zero-order valence-corrected chi connectivity index (χ0v) is 60.2. The minimum absolute atomic E-state index is 0.0358. The fraction of sp³-hybridized carbons (Fsp3) is 0.776. The van der Waals surface area contributed by atoms with E-state index in [0.29, 0.717) is 0 Å². The summed E-state index contributed by atoms with van der Waals surface area (Å²) >= 11 is 0. The van der Waals surface area contributed by atoms with Crippen LogP contribution in [0.25, 0.3) is 0 Å². The van der Waals surface area contributed by atoms with Gasteiger partial charge in [-0.25, -0.2) is 0 Å². The molecule has 0 aliphatic carbocycles. The van der Waals surface area contributed by atoms with Crippen LogP contribution in [0.4, 0.5) is 0 Å². The summed E-state index contributed by atoms with van der Waals surface area (Å²) in [5, 5.41) is 23.3. The summed E-state index contributed by atoms with van der Waals surface area (Å²) < 4.78 is 6.09. The summed E-state index contributed by atoms with van der Waals surface area (Å²) in [6.45, 7) is 33.1. The first-order valence-corrected chi connectivity index (χ1v) is 32.9. The van der Waals surface area contributed by atoms with Crippen molar-refractivity contribution >= 4 is 65.0 Å². The standard InChI is InChI=1S/C67H120N12O13/c1-26-29-30-43(14)55(80)54-59(84)71-46(28-3)61(86)73(19)47(31-32-68)62(87)77(23)51(37-67(17,18)92-33-27-2)58(83)72-52(41(10)11)65(90)74(20)48(34-38(4)5)57(82)69-44(15)56(81)70-45(16)60(85)75(21)49(35-39(6)7)63(88)76(22)50(36-40(8)9)64(89)78(24)53(42(12)13)66(91)79(54)25/h26-27,29,38-55,80H,2,28,30-37,68H2,1,3-25H3,(H,69,82)(H,70,81)(H,71,84)(H,72,83)/b29-26+/t43-,44+,45-,46+,47-,48+,49+,50+,51+,52+,53+,54+,55-/m1/s1. The molecule has 25 heteroatoms. The number of aliphatic hydroxyl groups excluding tert-OH is 1. The van der Waals surface area contributed by atoms with E-state index in [1.165, 1.54) is 93.8 Å². The second-order valence-electron chi connectivity index (χ2n) is 27.8. The van der Waals surface area contributed by atoms with E-state index in [9.17, 15) is 29.1 Å². The molecule has 0 aromatic carbocycles. The topological polar surface area (TPSA) is 314 Å². The highest BCUT2D eigenvalue weighted by Crippen LogP contribution is 2.27. The number of nitrogens with zero attached hydrogens (tertiary/aromatic N) is 7. The van der Waals surface area contributed by atoms with E-state index in [-0.39, 0.29) is 75.9 Å². The molecule has 25 nitrogen and oxygen atoms in total. The number of aliphatic hydroxyl groups is 1. The Morgan fingerprint density at radius 3 is 1.43 bits per heavy atom. The van der Waals surface area contributed by atoms with Crippen LogP contribution >= 0.6 is 0 Å². The monoisotopic (exact) mass is 1300 g/mol. The highest BCUT2D eigenvalue weighted by molar-refractivity contribution is 6.00. The summed E-state index contributed by atoms with van der Waals surface area (Å²) in [6.07, 6.45) is 3.95. The zero-order chi connectivity index (χ0) is 71.3. The van der Waals surface area contributed by atoms with Crippen molar-refractivity contribution in [2.24, 2.45) is 41.2 Å². The van der Waals surface area contributed by atoms with Gasteiger partial charge in [-0.3, -0.25) is 52.7 Å². The fourth-order valence-corrected chi connectivity index (χ4v) is 11.6. The van der Waals surface area contributed by atoms with Crippen molar-refractivity contribution in [2.45, 2.75) is 241 Å². The van der Waals surface area contributed by atoms with Crippen LogP contribution in [0.15, 0.2) is 24.8 Å². The number of amides is 11. The maximum atomic E-state index is 15.3. The Bertz CT molecular complexity index is 2540. The smallest absolute Gasteiger partial charge is 0.246 e. The van der Waals surface area contributed by atoms with E-state index < -0.39 is 161 Å². The highest BCUT2D eigenvalue weighted by Gasteiger charge is 2.47. The predicted molar refractivity (Wildman–Crippen MR) is 356 cm³/mol. The van der Waals surface area contributed by atoms with Crippen molar-refractivity contribution in [1.29, 1.82) is 0 Å². The summed E-state index contributed by atoms with van der Waals surface area (Å²) in [6, 6.07) is -14.3. The van der Waals surface area contributed by atoms with Gasteiger partial charge in [-0.2, -0.15) is 0 Å². The maximum absolute atomic E-state index is 15.3. The van der Waals surface area contributed by atoms with Crippen molar-refractivity contribution < 1.29 is 62.6 Å². The van der Waals surface area contributed by atoms with Gasteiger partial charge in [-0.15, -0.1) is 6.58 Å². The lowest BCUT2D eigenvalue weighted by molar-refractivity contribution is -0.157. The number of likely N-dealkylation sites (N-methyl/N-ethyl adjacent to an activating group) is 7. The molecule has 13 atom stereocenters. The van der Waals surface area contributed by atoms with Gasteiger partial charge in [0, 0.05) is 55.8 Å². The third-order valence-corrected chi connectivity index (χ3v) is 17.4. The molecule has 7 N–H and O–H groups in total. The molecule has 0 saturated carbocycles. The average Bonchev–Trinajstić information content (AvgIpc) is 0.818. The van der Waals surface area contributed by atoms with Crippen molar-refractivity contribution in [3.63, 3.8) is 0 Å². The number of carbonyl (C=O) groups excluding carboxylic acids is 11. The second kappa shape index (κ2) is 38.0. The van der Waals surface area contributed by atoms with Crippen molar-refractivity contribution in [3.8, 4) is 0 Å². The van der Waals surface area contributed by atoms with Gasteiger partial charge >= 0.3 is 0 Å². The van der Waals surface area contributed by atoms with E-state index in [0.717, 1.165) is 9.80 Å². The molecule has 1 aliphatic heterocycles. The summed E-state index contributed by atoms with van der Waals surface area (Å²) in [5.41, 5.74) is 5.06. The molecule has 0 bridgehead atoms. The molecule has 11 amide bonds. The largest absolute Gasteiger partial charge is 0.390 e. The molecule has 1 aliphatic rings. The molecule has 1 fully saturated rings. The molecule has 526 valence electrons. The molecule has 0 aromatic heterocycles. The van der Waals surface area contributed by atoms with E-state index in [1.54, 1.807) is 74.5 Å². The number of carbonyl (C=O) groups is 11. The SMILES string of the molecule is C=CCOC(C)(C)C[C@H]1C(=O)N[C@@H](C(C)C)C(=O)N(C)[C@@H](CC(C)C)C(=O)N[C@@H](C)C(=O)N[C@H](C)C(=O)N(C)[C@@H](CC(C)C)C(=O)N(C)[C@@H](CC(C)C)C(=O)N(C)[C@@H](C(C)C)C(=O)N(C)[C@@H]([C@H](O)[C@H](C)C/C=C/C)C(=O)N[C@@H](CC)C(=O)N(C)[C@H](CCN)C(=O)N1C. The van der Waals surface area contributed by atoms with Gasteiger partial charge in [0.15, 0.2) is 0 Å². The molecular weight excluding hydrogens is 1180 g/mol. The highest BCUT2D eigenvalue weighted by atomic mass is 16.5. The number of hydrogen-bond donors (Lipinski definition) is 6. The van der Waals surface area contributed by atoms with E-state index in [1.807, 2.05) is 41.5 Å². The lowest BCUT2D eigenvalue weighted by Gasteiger charge is -2.41. The first-order chi connectivity index (χ1) is 42.5. The predicted octanol–water partition coefficient (Wildman–Crippen LogP) is 3.31. The average molecular weight is 1300 g/mol. The molecular formula is C67H120N12O13. The van der Waals surface area contributed by atoms with E-state index in [4.69, 9.17) is 10.5 Å². The van der Waals surface area contributed by atoms with Crippen molar-refractivity contribution in [1.82, 2.24) is 55.6 Å². The van der Waals surface area contributed by atoms with Crippen LogP contribution < -0.4 is 27.0 Å². The molecule has 1 saturated heterocycles. The second-order valence-corrected chi connectivity index (χ2v) is 27.8. The molecule has 0 unspecified atom stereocenters. The Balaban J connectivity index is 4.54. The quantitative estimate of drug-likeness (QED) is 0.0954. The van der Waals surface area contributed by atoms with Gasteiger partial charge in [0.1, 0.15) is 66.5 Å². The Hall–Kier alpha value is -6.47. The molecule has 92 heavy (non-hydrogen) atoms. The number of hydrogen-bond acceptors (Lipinski definition) is 14. The number of allylic oxidation sites excluding steroid dienone is 2. The van der Waals surface area contributed by atoms with Crippen LogP contribution in [-0.4, -0.2) is 245 Å². The number of nitrogens with one attached hydrogen (secondary N) is 4. The number of ether oxygens (including phenoxy) is 1. The van der Waals surface area contributed by atoms with Crippen molar-refractivity contribution in [2.75, 3.05) is 62.5 Å². The summed E-state index contributed by atoms with van der Waals surface area (Å²) in [4.78, 5) is 172. The lowest BCUT2D eigenvalue weighted by Crippen LogP contribution is -2.64. The lowest BCUT2D eigenvalue weighted by atomic mass is 9.91. The molecule has 1 heterocycles. The Kier molecular flexibility index (Phi) is 34.5. The van der Waals surface area contributed by atoms with Crippen LogP contribution in [0.2, 0.25) is 0 Å².